The number of unbranched alkanes of at least 4 members (excludes halogenated alkanes) is 1. The van der Waals surface area contributed by atoms with Crippen LogP contribution in [0.1, 0.15) is 52.9 Å². The number of ketones is 1. The van der Waals surface area contributed by atoms with E-state index in [1.54, 1.807) is 0 Å². The average Bonchev–Trinajstić information content (AvgIpc) is 2.44. The largest absolute Gasteiger partial charge is 0.481 e. The van der Waals surface area contributed by atoms with E-state index < -0.39 is 11.9 Å². The average molecular weight is 302 g/mol. The van der Waals surface area contributed by atoms with Crippen molar-refractivity contribution in [2.24, 2.45) is 0 Å². The van der Waals surface area contributed by atoms with Crippen LogP contribution in [-0.4, -0.2) is 41.8 Å². The van der Waals surface area contributed by atoms with Gasteiger partial charge in [0.15, 0.2) is 0 Å². The molecular weight excluding hydrogens is 276 g/mol. The van der Waals surface area contributed by atoms with E-state index in [2.05, 4.69) is 10.6 Å². The van der Waals surface area contributed by atoms with Crippen molar-refractivity contribution in [2.75, 3.05) is 13.1 Å². The first-order chi connectivity index (χ1) is 9.91. The van der Waals surface area contributed by atoms with Gasteiger partial charge in [0, 0.05) is 19.4 Å². The number of carbonyl (C=O) groups is 4. The molecule has 0 aromatic carbocycles. The Labute approximate surface area is 125 Å². The summed E-state index contributed by atoms with van der Waals surface area (Å²) in [7, 11) is 0. The van der Waals surface area contributed by atoms with Crippen molar-refractivity contribution in [3.05, 3.63) is 0 Å². The number of aliphatic carboxylic acids is 1. The van der Waals surface area contributed by atoms with Crippen LogP contribution in [0.15, 0.2) is 0 Å². The summed E-state index contributed by atoms with van der Waals surface area (Å²) in [5.41, 5.74) is 0. The SMILES string of the molecule is CC.CC(=O)CCCCNC(=O)CNC(=O)CCC(=O)O. The quantitative estimate of drug-likeness (QED) is 0.518. The maximum atomic E-state index is 11.3. The van der Waals surface area contributed by atoms with E-state index in [0.29, 0.717) is 19.4 Å². The molecule has 0 atom stereocenters. The van der Waals surface area contributed by atoms with Gasteiger partial charge in [-0.2, -0.15) is 0 Å². The molecule has 0 unspecified atom stereocenters. The summed E-state index contributed by atoms with van der Waals surface area (Å²) >= 11 is 0. The van der Waals surface area contributed by atoms with Crippen LogP contribution in [-0.2, 0) is 19.2 Å². The molecule has 0 rings (SSSR count). The predicted molar refractivity (Wildman–Crippen MR) is 78.8 cm³/mol. The summed E-state index contributed by atoms with van der Waals surface area (Å²) in [5, 5.41) is 13.3. The molecule has 21 heavy (non-hydrogen) atoms. The molecule has 122 valence electrons. The molecule has 7 heteroatoms. The van der Waals surface area contributed by atoms with Crippen LogP contribution in [0.3, 0.4) is 0 Å². The highest BCUT2D eigenvalue weighted by Crippen LogP contribution is 1.94. The Hall–Kier alpha value is -1.92. The summed E-state index contributed by atoms with van der Waals surface area (Å²) in [6.45, 7) is 5.81. The summed E-state index contributed by atoms with van der Waals surface area (Å²) < 4.78 is 0. The van der Waals surface area contributed by atoms with E-state index in [9.17, 15) is 19.2 Å². The minimum absolute atomic E-state index is 0.122. The number of nitrogens with one attached hydrogen (secondary N) is 2. The second-order valence-corrected chi connectivity index (χ2v) is 4.18. The van der Waals surface area contributed by atoms with E-state index in [1.165, 1.54) is 6.92 Å². The molecular formula is C14H26N2O5. The van der Waals surface area contributed by atoms with E-state index >= 15 is 0 Å². The zero-order chi connectivity index (χ0) is 16.7. The lowest BCUT2D eigenvalue weighted by Crippen LogP contribution is -2.37. The molecule has 0 spiro atoms. The van der Waals surface area contributed by atoms with Crippen LogP contribution < -0.4 is 10.6 Å². The van der Waals surface area contributed by atoms with Crippen molar-refractivity contribution in [1.29, 1.82) is 0 Å². The normalized spacial score (nSPS) is 9.10. The van der Waals surface area contributed by atoms with Crippen molar-refractivity contribution in [3.8, 4) is 0 Å². The van der Waals surface area contributed by atoms with Gasteiger partial charge in [-0.3, -0.25) is 14.4 Å². The molecule has 0 bridgehead atoms. The van der Waals surface area contributed by atoms with Gasteiger partial charge in [-0.25, -0.2) is 0 Å². The number of amides is 2. The third-order valence-electron chi connectivity index (χ3n) is 2.29. The van der Waals surface area contributed by atoms with Crippen molar-refractivity contribution in [3.63, 3.8) is 0 Å². The summed E-state index contributed by atoms with van der Waals surface area (Å²) in [6.07, 6.45) is 1.54. The van der Waals surface area contributed by atoms with Gasteiger partial charge >= 0.3 is 5.97 Å². The second-order valence-electron chi connectivity index (χ2n) is 4.18. The maximum absolute atomic E-state index is 11.3. The zero-order valence-electron chi connectivity index (χ0n) is 13.0. The Morgan fingerprint density at radius 3 is 2.00 bits per heavy atom. The number of carboxylic acid groups (broad SMARTS) is 1. The van der Waals surface area contributed by atoms with Crippen molar-refractivity contribution in [1.82, 2.24) is 10.6 Å². The Kier molecular flexibility index (Phi) is 14.8. The van der Waals surface area contributed by atoms with Crippen molar-refractivity contribution >= 4 is 23.6 Å². The Morgan fingerprint density at radius 2 is 1.48 bits per heavy atom. The highest BCUT2D eigenvalue weighted by Gasteiger charge is 2.07. The molecule has 0 aromatic rings. The third-order valence-corrected chi connectivity index (χ3v) is 2.29. The van der Waals surface area contributed by atoms with Gasteiger partial charge in [0.1, 0.15) is 5.78 Å². The zero-order valence-corrected chi connectivity index (χ0v) is 13.0. The number of hydrogen-bond donors (Lipinski definition) is 3. The molecule has 7 nitrogen and oxygen atoms in total. The molecule has 2 amide bonds. The number of rotatable bonds is 10. The lowest BCUT2D eigenvalue weighted by molar-refractivity contribution is -0.138. The molecule has 0 heterocycles. The number of carboxylic acids is 1. The molecule has 0 aliphatic carbocycles. The minimum Gasteiger partial charge on any atom is -0.481 e. The summed E-state index contributed by atoms with van der Waals surface area (Å²) in [5.74, 6) is -1.72. The van der Waals surface area contributed by atoms with E-state index in [-0.39, 0.29) is 31.1 Å². The molecule has 0 radical (unpaired) electrons. The van der Waals surface area contributed by atoms with Crippen molar-refractivity contribution in [2.45, 2.75) is 52.9 Å². The van der Waals surface area contributed by atoms with Gasteiger partial charge in [-0.1, -0.05) is 13.8 Å². The first-order valence-corrected chi connectivity index (χ1v) is 7.16. The fourth-order valence-electron chi connectivity index (χ4n) is 1.28. The van der Waals surface area contributed by atoms with Crippen LogP contribution in [0.4, 0.5) is 0 Å². The van der Waals surface area contributed by atoms with E-state index in [1.807, 2.05) is 13.8 Å². The summed E-state index contributed by atoms with van der Waals surface area (Å²) in [6, 6.07) is 0. The Morgan fingerprint density at radius 1 is 0.857 bits per heavy atom. The van der Waals surface area contributed by atoms with Gasteiger partial charge in [-0.05, 0) is 19.8 Å². The van der Waals surface area contributed by atoms with Crippen molar-refractivity contribution < 1.29 is 24.3 Å². The van der Waals surface area contributed by atoms with Crippen LogP contribution in [0, 0.1) is 0 Å². The number of Topliss-reactive ketones (excluding diaryl/α,β-unsaturated/α-hetero) is 1. The van der Waals surface area contributed by atoms with Crippen LogP contribution >= 0.6 is 0 Å². The Balaban J connectivity index is 0. The molecule has 0 saturated carbocycles. The summed E-state index contributed by atoms with van der Waals surface area (Å²) in [4.78, 5) is 43.2. The second kappa shape index (κ2) is 14.5. The monoisotopic (exact) mass is 302 g/mol. The molecule has 0 aliphatic rings. The van der Waals surface area contributed by atoms with Gasteiger partial charge in [0.25, 0.3) is 0 Å². The molecule has 0 aromatic heterocycles. The lowest BCUT2D eigenvalue weighted by atomic mass is 10.2. The van der Waals surface area contributed by atoms with Crippen LogP contribution in [0.5, 0.6) is 0 Å². The fraction of sp³-hybridized carbons (Fsp3) is 0.714. The van der Waals surface area contributed by atoms with Crippen LogP contribution in [0.25, 0.3) is 0 Å². The number of carbonyl (C=O) groups excluding carboxylic acids is 3. The molecule has 3 N–H and O–H groups in total. The smallest absolute Gasteiger partial charge is 0.303 e. The first-order valence-electron chi connectivity index (χ1n) is 7.16. The molecule has 0 saturated heterocycles. The number of hydrogen-bond acceptors (Lipinski definition) is 4. The predicted octanol–water partition coefficient (Wildman–Crippen LogP) is 0.869. The Bertz CT molecular complexity index is 342. The van der Waals surface area contributed by atoms with Gasteiger partial charge in [0.05, 0.1) is 13.0 Å². The fourth-order valence-corrected chi connectivity index (χ4v) is 1.28. The third kappa shape index (κ3) is 18.1. The van der Waals surface area contributed by atoms with Gasteiger partial charge < -0.3 is 20.5 Å². The van der Waals surface area contributed by atoms with Gasteiger partial charge in [-0.15, -0.1) is 0 Å². The highest BCUT2D eigenvalue weighted by molar-refractivity contribution is 5.86. The highest BCUT2D eigenvalue weighted by atomic mass is 16.4. The lowest BCUT2D eigenvalue weighted by Gasteiger charge is -2.06. The van der Waals surface area contributed by atoms with Gasteiger partial charge in [0.2, 0.25) is 11.8 Å². The topological polar surface area (TPSA) is 113 Å². The molecule has 0 fully saturated rings. The van der Waals surface area contributed by atoms with Crippen LogP contribution in [0.2, 0.25) is 0 Å². The standard InChI is InChI=1S/C12H20N2O5.C2H6/c1-9(15)4-2-3-7-13-11(17)8-14-10(16)5-6-12(18)19;1-2/h2-8H2,1H3,(H,13,17)(H,14,16)(H,18,19);1-2H3. The van der Waals surface area contributed by atoms with E-state index in [0.717, 1.165) is 6.42 Å². The minimum atomic E-state index is -1.05. The molecule has 0 aliphatic heterocycles. The van der Waals surface area contributed by atoms with E-state index in [4.69, 9.17) is 5.11 Å². The maximum Gasteiger partial charge on any atom is 0.303 e. The first kappa shape index (κ1) is 21.4.